The normalized spacial score (nSPS) is 11.4. The minimum Gasteiger partial charge on any atom is -0.871 e. The van der Waals surface area contributed by atoms with E-state index in [9.17, 15) is 36.2 Å². The summed E-state index contributed by atoms with van der Waals surface area (Å²) < 4.78 is 79.1. The van der Waals surface area contributed by atoms with Crippen LogP contribution in [0.1, 0.15) is 179 Å². The number of aryl methyl sites for hydroxylation is 2. The summed E-state index contributed by atoms with van der Waals surface area (Å²) in [4.78, 5) is -1.25. The van der Waals surface area contributed by atoms with Crippen molar-refractivity contribution in [1.29, 1.82) is 0 Å². The minimum atomic E-state index is -4.87. The van der Waals surface area contributed by atoms with Crippen molar-refractivity contribution in [3.8, 4) is 34.5 Å². The Kier molecular flexibility index (Phi) is 30.1. The van der Waals surface area contributed by atoms with Crippen LogP contribution < -0.4 is 14.6 Å². The van der Waals surface area contributed by atoms with E-state index in [1.165, 1.54) is 116 Å². The molecule has 4 aromatic rings. The molecule has 0 unspecified atom stereocenters. The second-order valence-electron chi connectivity index (χ2n) is 16.9. The van der Waals surface area contributed by atoms with Crippen LogP contribution in [0.2, 0.25) is 0 Å². The second kappa shape index (κ2) is 33.6. The van der Waals surface area contributed by atoms with Gasteiger partial charge >= 0.3 is 37.7 Å². The van der Waals surface area contributed by atoms with Gasteiger partial charge in [0.05, 0.1) is 4.90 Å². The number of para-hydroxylation sites is 2. The maximum absolute atomic E-state index is 12.5. The van der Waals surface area contributed by atoms with E-state index in [1.807, 2.05) is 24.3 Å². The van der Waals surface area contributed by atoms with Crippen LogP contribution in [0.3, 0.4) is 0 Å². The molecule has 0 radical (unpaired) electrons. The van der Waals surface area contributed by atoms with E-state index >= 15 is 0 Å². The van der Waals surface area contributed by atoms with Crippen molar-refractivity contribution >= 4 is 58.0 Å². The van der Waals surface area contributed by atoms with Gasteiger partial charge in [0.25, 0.3) is 10.1 Å². The van der Waals surface area contributed by atoms with Crippen LogP contribution in [-0.4, -0.2) is 68.8 Å². The maximum Gasteiger partial charge on any atom is 2.00 e. The van der Waals surface area contributed by atoms with Gasteiger partial charge < -0.3 is 24.2 Å². The van der Waals surface area contributed by atoms with Gasteiger partial charge in [0, 0.05) is 6.07 Å². The van der Waals surface area contributed by atoms with Gasteiger partial charge in [0.15, 0.2) is 0 Å². The molecule has 0 spiro atoms. The third-order valence-electron chi connectivity index (χ3n) is 11.3. The quantitative estimate of drug-likeness (QED) is 0.0272. The van der Waals surface area contributed by atoms with Crippen molar-refractivity contribution in [2.45, 2.75) is 191 Å². The average molecular weight is 963 g/mol. The van der Waals surface area contributed by atoms with Gasteiger partial charge in [-0.25, -0.2) is 8.42 Å². The zero-order valence-electron chi connectivity index (χ0n) is 39.2. The van der Waals surface area contributed by atoms with Crippen LogP contribution in [0.25, 0.3) is 0 Å². The van der Waals surface area contributed by atoms with E-state index in [0.717, 1.165) is 50.7 Å². The molecule has 0 amide bonds. The molecular formula is C52H74CaO10S2. The number of hydrogen-bond acceptors (Lipinski definition) is 9. The average Bonchev–Trinajstić information content (AvgIpc) is 3.26. The van der Waals surface area contributed by atoms with Crippen molar-refractivity contribution in [2.24, 2.45) is 0 Å². The number of hydrogen-bond donors (Lipinski definition) is 2. The summed E-state index contributed by atoms with van der Waals surface area (Å²) in [5.74, 6) is 0.432. The van der Waals surface area contributed by atoms with E-state index < -0.39 is 41.5 Å². The van der Waals surface area contributed by atoms with Crippen molar-refractivity contribution < 1.29 is 45.6 Å². The second-order valence-corrected chi connectivity index (χ2v) is 19.6. The monoisotopic (exact) mass is 962 g/mol. The van der Waals surface area contributed by atoms with E-state index in [1.54, 1.807) is 48.5 Å². The van der Waals surface area contributed by atoms with Crippen LogP contribution in [0, 0.1) is 0 Å². The fraction of sp³-hybridized carbons (Fsp3) is 0.538. The molecule has 0 heterocycles. The van der Waals surface area contributed by atoms with Crippen molar-refractivity contribution in [2.75, 3.05) is 0 Å². The first kappa shape index (κ1) is 58.3. The third kappa shape index (κ3) is 24.7. The molecule has 0 atom stereocenters. The smallest absolute Gasteiger partial charge is 0.871 e. The van der Waals surface area contributed by atoms with Crippen LogP contribution in [0.4, 0.5) is 0 Å². The van der Waals surface area contributed by atoms with E-state index in [2.05, 4.69) is 13.8 Å². The van der Waals surface area contributed by atoms with Gasteiger partial charge in [-0.2, -0.15) is 8.42 Å². The van der Waals surface area contributed by atoms with Crippen LogP contribution in [0.15, 0.2) is 94.7 Å². The first-order valence-electron chi connectivity index (χ1n) is 23.9. The van der Waals surface area contributed by atoms with E-state index in [4.69, 9.17) is 9.47 Å². The zero-order valence-corrected chi connectivity index (χ0v) is 43.0. The molecule has 0 aliphatic carbocycles. The molecule has 0 saturated heterocycles. The Hall–Kier alpha value is -2.84. The van der Waals surface area contributed by atoms with Gasteiger partial charge in [0.1, 0.15) is 43.8 Å². The van der Waals surface area contributed by atoms with Gasteiger partial charge in [-0.15, -0.1) is 0 Å². The fourth-order valence-electron chi connectivity index (χ4n) is 7.71. The van der Waals surface area contributed by atoms with Crippen LogP contribution >= 0.6 is 0 Å². The third-order valence-corrected chi connectivity index (χ3v) is 13.0. The van der Waals surface area contributed by atoms with Gasteiger partial charge in [0.2, 0.25) is 0 Å². The van der Waals surface area contributed by atoms with Gasteiger partial charge in [-0.05, 0) is 73.7 Å². The Morgan fingerprint density at radius 3 is 1.14 bits per heavy atom. The van der Waals surface area contributed by atoms with Gasteiger partial charge in [-0.3, -0.25) is 4.55 Å². The Bertz CT molecular complexity index is 1950. The number of phenols is 1. The SMILES string of the molecule is CCCCCCCCCCCCCCc1cc(Oc2ccccc2)cc(S(=O)(=O)O)c1O.CCCCCCCCCCCCCCc1cc(Oc2ccccc2)cc(S(=O)(=O)[O-])c1[O-].[Ca+2]. The molecular weight excluding hydrogens is 889 g/mol. The standard InChI is InChI=1S/2C26H38O5S.Ca/c2*1-2-3-4-5-6-7-8-9-10-11-12-14-17-22-20-24(31-23-18-15-13-16-19-23)21-25(26(22)27)32(28,29)30;/h2*13,15-16,18-21,27H,2-12,14,17H2,1H3,(H,28,29,30);/q;;+2/p-2. The minimum absolute atomic E-state index is 0. The molecule has 10 nitrogen and oxygen atoms in total. The Morgan fingerprint density at radius 2 is 0.785 bits per heavy atom. The summed E-state index contributed by atoms with van der Waals surface area (Å²) in [7, 11) is -9.43. The summed E-state index contributed by atoms with van der Waals surface area (Å²) in [6.07, 6.45) is 30.2. The summed E-state index contributed by atoms with van der Waals surface area (Å²) in [5.41, 5.74) is 0.790. The molecule has 356 valence electrons. The summed E-state index contributed by atoms with van der Waals surface area (Å²) in [6.45, 7) is 4.47. The molecule has 0 aromatic heterocycles. The van der Waals surface area contributed by atoms with E-state index in [-0.39, 0.29) is 49.2 Å². The Balaban J connectivity index is 0.000000440. The first-order valence-corrected chi connectivity index (χ1v) is 26.8. The molecule has 65 heavy (non-hydrogen) atoms. The van der Waals surface area contributed by atoms with E-state index in [0.29, 0.717) is 35.5 Å². The summed E-state index contributed by atoms with van der Waals surface area (Å²) in [6, 6.07) is 23.2. The maximum atomic E-state index is 12.5. The summed E-state index contributed by atoms with van der Waals surface area (Å²) >= 11 is 0. The molecule has 0 fully saturated rings. The number of benzene rings is 4. The van der Waals surface area contributed by atoms with Crippen molar-refractivity contribution in [1.82, 2.24) is 0 Å². The largest absolute Gasteiger partial charge is 2.00 e. The molecule has 0 aliphatic heterocycles. The molecule has 4 rings (SSSR count). The fourth-order valence-corrected chi connectivity index (χ4v) is 8.97. The first-order chi connectivity index (χ1) is 30.8. The predicted octanol–water partition coefficient (Wildman–Crippen LogP) is 14.0. The number of unbranched alkanes of at least 4 members (excludes halogenated alkanes) is 22. The number of aromatic hydroxyl groups is 1. The molecule has 0 bridgehead atoms. The molecule has 4 aromatic carbocycles. The molecule has 13 heteroatoms. The van der Waals surface area contributed by atoms with Crippen LogP contribution in [0.5, 0.6) is 34.5 Å². The van der Waals surface area contributed by atoms with Gasteiger partial charge in [-0.1, -0.05) is 203 Å². The topological polar surface area (TPSA) is 173 Å². The Labute approximate surface area is 421 Å². The van der Waals surface area contributed by atoms with Crippen LogP contribution in [-0.2, 0) is 33.1 Å². The molecule has 0 saturated carbocycles. The molecule has 2 N–H and O–H groups in total. The number of phenolic OH excluding ortho intramolecular Hbond substituents is 1. The predicted molar refractivity (Wildman–Crippen MR) is 260 cm³/mol. The van der Waals surface area contributed by atoms with Crippen molar-refractivity contribution in [3.63, 3.8) is 0 Å². The number of ether oxygens (including phenoxy) is 2. The number of rotatable bonds is 32. The zero-order chi connectivity index (χ0) is 46.5. The Morgan fingerprint density at radius 1 is 0.462 bits per heavy atom. The summed E-state index contributed by atoms with van der Waals surface area (Å²) in [5, 5.41) is 22.9. The van der Waals surface area contributed by atoms with Crippen molar-refractivity contribution in [3.05, 3.63) is 96.1 Å². The molecule has 0 aliphatic rings.